The molecule has 1 amide bonds. The van der Waals surface area contributed by atoms with Gasteiger partial charge in [0.15, 0.2) is 5.15 Å². The van der Waals surface area contributed by atoms with Crippen molar-refractivity contribution < 1.29 is 9.53 Å². The van der Waals surface area contributed by atoms with Crippen LogP contribution in [0.15, 0.2) is 41.2 Å². The molecule has 7 heteroatoms. The summed E-state index contributed by atoms with van der Waals surface area (Å²) >= 11 is 5.97. The van der Waals surface area contributed by atoms with Crippen LogP contribution in [0.1, 0.15) is 26.3 Å². The largest absolute Gasteiger partial charge is 0.375 e. The summed E-state index contributed by atoms with van der Waals surface area (Å²) in [6, 6.07) is 11.1. The lowest BCUT2D eigenvalue weighted by molar-refractivity contribution is -0.123. The van der Waals surface area contributed by atoms with Gasteiger partial charge in [-0.3, -0.25) is 9.59 Å². The summed E-state index contributed by atoms with van der Waals surface area (Å²) in [5, 5.41) is 6.73. The lowest BCUT2D eigenvalue weighted by atomic mass is 9.96. The quantitative estimate of drug-likeness (QED) is 0.800. The Balaban J connectivity index is 2.01. The minimum Gasteiger partial charge on any atom is -0.375 e. The van der Waals surface area contributed by atoms with E-state index in [0.717, 1.165) is 5.56 Å². The smallest absolute Gasteiger partial charge is 0.290 e. The van der Waals surface area contributed by atoms with E-state index in [1.807, 2.05) is 30.3 Å². The lowest BCUT2D eigenvalue weighted by Crippen LogP contribution is -2.33. The molecule has 0 atom stereocenters. The molecule has 0 aliphatic heterocycles. The highest BCUT2D eigenvalue weighted by molar-refractivity contribution is 6.29. The van der Waals surface area contributed by atoms with E-state index in [0.29, 0.717) is 13.2 Å². The normalized spacial score (nSPS) is 11.4. The minimum atomic E-state index is -0.619. The molecule has 0 spiro atoms. The number of ether oxygens (including phenoxy) is 1. The zero-order valence-corrected chi connectivity index (χ0v) is 15.3. The van der Waals surface area contributed by atoms with Crippen LogP contribution < -0.4 is 10.9 Å². The predicted octanol–water partition coefficient (Wildman–Crippen LogP) is 3.10. The van der Waals surface area contributed by atoms with Crippen LogP contribution >= 0.6 is 11.6 Å². The fourth-order valence-corrected chi connectivity index (χ4v) is 2.18. The second-order valence-corrected chi connectivity index (χ2v) is 7.04. The van der Waals surface area contributed by atoms with Gasteiger partial charge in [0.2, 0.25) is 5.91 Å². The average molecular weight is 364 g/mol. The van der Waals surface area contributed by atoms with Crippen LogP contribution in [0.2, 0.25) is 5.15 Å². The molecule has 6 nitrogen and oxygen atoms in total. The summed E-state index contributed by atoms with van der Waals surface area (Å²) < 4.78 is 6.76. The van der Waals surface area contributed by atoms with Crippen molar-refractivity contribution in [2.24, 2.45) is 5.41 Å². The number of nitrogens with zero attached hydrogens (tertiary/aromatic N) is 2. The van der Waals surface area contributed by atoms with Crippen LogP contribution in [0.3, 0.4) is 0 Å². The second-order valence-electron chi connectivity index (χ2n) is 6.65. The molecule has 0 fully saturated rings. The van der Waals surface area contributed by atoms with E-state index in [-0.39, 0.29) is 23.3 Å². The van der Waals surface area contributed by atoms with Gasteiger partial charge in [0.1, 0.15) is 5.69 Å². The number of benzene rings is 1. The Morgan fingerprint density at radius 2 is 1.96 bits per heavy atom. The molecule has 1 aromatic heterocycles. The highest BCUT2D eigenvalue weighted by Gasteiger charge is 2.22. The van der Waals surface area contributed by atoms with Gasteiger partial charge in [0.05, 0.1) is 19.8 Å². The summed E-state index contributed by atoms with van der Waals surface area (Å²) in [6.07, 6.45) is 0. The van der Waals surface area contributed by atoms with Crippen molar-refractivity contribution in [3.05, 3.63) is 57.5 Å². The number of nitrogens with one attached hydrogen (secondary N) is 1. The number of aromatic nitrogens is 2. The molecule has 0 saturated carbocycles. The topological polar surface area (TPSA) is 73.2 Å². The molecule has 2 aromatic rings. The number of hydrogen-bond acceptors (Lipinski definition) is 4. The summed E-state index contributed by atoms with van der Waals surface area (Å²) in [5.41, 5.74) is 0.131. The molecule has 1 N–H and O–H groups in total. The molecule has 25 heavy (non-hydrogen) atoms. The average Bonchev–Trinajstić information content (AvgIpc) is 2.55. The molecule has 134 valence electrons. The van der Waals surface area contributed by atoms with Gasteiger partial charge in [-0.25, -0.2) is 4.68 Å². The predicted molar refractivity (Wildman–Crippen MR) is 97.7 cm³/mol. The summed E-state index contributed by atoms with van der Waals surface area (Å²) in [4.78, 5) is 24.5. The zero-order valence-electron chi connectivity index (χ0n) is 14.6. The first-order valence-electron chi connectivity index (χ1n) is 7.98. The highest BCUT2D eigenvalue weighted by atomic mass is 35.5. The van der Waals surface area contributed by atoms with Gasteiger partial charge >= 0.3 is 0 Å². The van der Waals surface area contributed by atoms with Crippen molar-refractivity contribution in [3.8, 4) is 0 Å². The van der Waals surface area contributed by atoms with E-state index >= 15 is 0 Å². The maximum absolute atomic E-state index is 12.4. The van der Waals surface area contributed by atoms with Crippen LogP contribution in [-0.4, -0.2) is 22.3 Å². The van der Waals surface area contributed by atoms with Crippen molar-refractivity contribution in [2.45, 2.75) is 33.9 Å². The third-order valence-corrected chi connectivity index (χ3v) is 3.62. The Morgan fingerprint density at radius 3 is 2.60 bits per heavy atom. The number of anilines is 1. The molecule has 1 heterocycles. The first-order chi connectivity index (χ1) is 11.8. The summed E-state index contributed by atoms with van der Waals surface area (Å²) in [7, 11) is 0. The van der Waals surface area contributed by atoms with E-state index in [4.69, 9.17) is 16.3 Å². The Labute approximate surface area is 151 Å². The van der Waals surface area contributed by atoms with Crippen molar-refractivity contribution in [3.63, 3.8) is 0 Å². The highest BCUT2D eigenvalue weighted by Crippen LogP contribution is 2.16. The van der Waals surface area contributed by atoms with E-state index in [9.17, 15) is 9.59 Å². The van der Waals surface area contributed by atoms with Crippen molar-refractivity contribution in [1.29, 1.82) is 0 Å². The fourth-order valence-electron chi connectivity index (χ4n) is 1.98. The van der Waals surface area contributed by atoms with Crippen LogP contribution in [0.5, 0.6) is 0 Å². The molecule has 0 bridgehead atoms. The lowest BCUT2D eigenvalue weighted by Gasteiger charge is -2.17. The van der Waals surface area contributed by atoms with E-state index < -0.39 is 11.0 Å². The Bertz CT molecular complexity index is 782. The zero-order chi connectivity index (χ0) is 18.4. The maximum atomic E-state index is 12.4. The minimum absolute atomic E-state index is 0.114. The van der Waals surface area contributed by atoms with Gasteiger partial charge in [-0.1, -0.05) is 62.7 Å². The van der Waals surface area contributed by atoms with Crippen molar-refractivity contribution >= 4 is 23.2 Å². The molecule has 0 radical (unpaired) electrons. The van der Waals surface area contributed by atoms with Gasteiger partial charge in [0.25, 0.3) is 5.56 Å². The van der Waals surface area contributed by atoms with Crippen LogP contribution in [0, 0.1) is 5.41 Å². The maximum Gasteiger partial charge on any atom is 0.290 e. The van der Waals surface area contributed by atoms with Gasteiger partial charge in [0, 0.05) is 11.5 Å². The number of halogens is 1. The third-order valence-electron chi connectivity index (χ3n) is 3.43. The third kappa shape index (κ3) is 5.69. The van der Waals surface area contributed by atoms with Crippen LogP contribution in [0.25, 0.3) is 0 Å². The number of amides is 1. The molecule has 1 aromatic carbocycles. The standard InChI is InChI=1S/C18H22ClN3O3/c1-18(2,3)17(24)20-14-11-15(19)21-22(16(14)23)9-10-25-12-13-7-5-4-6-8-13/h4-8,11H,9-10,12H2,1-3H3,(H,20,24). The van der Waals surface area contributed by atoms with E-state index in [1.54, 1.807) is 20.8 Å². The van der Waals surface area contributed by atoms with Gasteiger partial charge in [-0.05, 0) is 5.56 Å². The van der Waals surface area contributed by atoms with Crippen LogP contribution in [-0.2, 0) is 22.7 Å². The van der Waals surface area contributed by atoms with E-state index in [2.05, 4.69) is 10.4 Å². The number of carbonyl (C=O) groups is 1. The Morgan fingerprint density at radius 1 is 1.28 bits per heavy atom. The van der Waals surface area contributed by atoms with Gasteiger partial charge in [-0.2, -0.15) is 5.10 Å². The second kappa shape index (κ2) is 8.27. The fraction of sp³-hybridized carbons (Fsp3) is 0.389. The van der Waals surface area contributed by atoms with Gasteiger partial charge in [-0.15, -0.1) is 0 Å². The molecular weight excluding hydrogens is 342 g/mol. The SMILES string of the molecule is CC(C)(C)C(=O)Nc1cc(Cl)nn(CCOCc2ccccc2)c1=O. The molecular formula is C18H22ClN3O3. The number of rotatable bonds is 6. The monoisotopic (exact) mass is 363 g/mol. The van der Waals surface area contributed by atoms with Crippen LogP contribution in [0.4, 0.5) is 5.69 Å². The first kappa shape index (κ1) is 19.1. The Hall–Kier alpha value is -2.18. The molecule has 0 aliphatic rings. The van der Waals surface area contributed by atoms with Crippen molar-refractivity contribution in [2.75, 3.05) is 11.9 Å². The first-order valence-corrected chi connectivity index (χ1v) is 8.36. The van der Waals surface area contributed by atoms with Crippen molar-refractivity contribution in [1.82, 2.24) is 9.78 Å². The molecule has 0 saturated heterocycles. The molecule has 0 aliphatic carbocycles. The van der Waals surface area contributed by atoms with Gasteiger partial charge < -0.3 is 10.1 Å². The number of hydrogen-bond donors (Lipinski definition) is 1. The molecule has 2 rings (SSSR count). The molecule has 0 unspecified atom stereocenters. The number of carbonyl (C=O) groups excluding carboxylic acids is 1. The Kier molecular flexibility index (Phi) is 6.33. The summed E-state index contributed by atoms with van der Waals surface area (Å²) in [5.74, 6) is -0.265. The summed E-state index contributed by atoms with van der Waals surface area (Å²) in [6.45, 7) is 6.28. The van der Waals surface area contributed by atoms with E-state index in [1.165, 1.54) is 10.7 Å².